The van der Waals surface area contributed by atoms with Crippen molar-refractivity contribution in [2.75, 3.05) is 13.1 Å². The van der Waals surface area contributed by atoms with Gasteiger partial charge in [0, 0.05) is 13.1 Å². The van der Waals surface area contributed by atoms with Crippen LogP contribution >= 0.6 is 0 Å². The van der Waals surface area contributed by atoms with Crippen molar-refractivity contribution < 1.29 is 22.7 Å². The zero-order chi connectivity index (χ0) is 14.9. The van der Waals surface area contributed by atoms with Crippen LogP contribution in [-0.2, 0) is 10.0 Å². The number of nitrogens with one attached hydrogen (secondary N) is 2. The maximum absolute atomic E-state index is 13.6. The lowest BCUT2D eigenvalue weighted by Gasteiger charge is -2.15. The Bertz CT molecular complexity index is 635. The molecule has 1 heterocycles. The molecule has 0 radical (unpaired) electrons. The van der Waals surface area contributed by atoms with Crippen LogP contribution in [0.2, 0.25) is 0 Å². The number of benzene rings is 1. The molecule has 1 aromatic carbocycles. The number of carbonyl (C=O) groups excluding carboxylic acids is 1. The summed E-state index contributed by atoms with van der Waals surface area (Å²) in [5.74, 6) is -1.67. The predicted octanol–water partition coefficient (Wildman–Crippen LogP) is -1.46. The van der Waals surface area contributed by atoms with E-state index in [1.165, 1.54) is 0 Å². The Morgan fingerprint density at radius 1 is 1.45 bits per heavy atom. The van der Waals surface area contributed by atoms with Crippen LogP contribution in [0.4, 0.5) is 4.39 Å². The molecular weight excluding hydrogens is 289 g/mol. The Balaban J connectivity index is 2.25. The van der Waals surface area contributed by atoms with Gasteiger partial charge in [-0.2, -0.15) is 0 Å². The van der Waals surface area contributed by atoms with Gasteiger partial charge in [-0.1, -0.05) is 0 Å². The largest absolute Gasteiger partial charge is 0.390 e. The molecule has 7 nitrogen and oxygen atoms in total. The zero-order valence-corrected chi connectivity index (χ0v) is 11.2. The Kier molecular flexibility index (Phi) is 4.04. The Hall–Kier alpha value is -1.55. The molecule has 1 aliphatic heterocycles. The van der Waals surface area contributed by atoms with Crippen molar-refractivity contribution in [3.8, 4) is 0 Å². The average molecular weight is 303 g/mol. The van der Waals surface area contributed by atoms with Gasteiger partial charge in [0.15, 0.2) is 0 Å². The first kappa shape index (κ1) is 14.9. The van der Waals surface area contributed by atoms with Crippen LogP contribution in [0.15, 0.2) is 23.1 Å². The first-order valence-corrected chi connectivity index (χ1v) is 7.35. The van der Waals surface area contributed by atoms with Crippen LogP contribution in [-0.4, -0.2) is 44.7 Å². The minimum absolute atomic E-state index is 0.324. The standard InChI is InChI=1S/C11H14FN3O4S/c12-8-2-1-6(20(13,18)19)3-7(8)11(17)15-9-4-14-5-10(9)16/h1-3,9-10,14,16H,4-5H2,(H,15,17)(H2,13,18,19)/t9-,10-/m1/s1. The first-order valence-electron chi connectivity index (χ1n) is 5.81. The smallest absolute Gasteiger partial charge is 0.254 e. The first-order chi connectivity index (χ1) is 9.29. The Morgan fingerprint density at radius 2 is 2.15 bits per heavy atom. The fourth-order valence-electron chi connectivity index (χ4n) is 1.91. The highest BCUT2D eigenvalue weighted by atomic mass is 32.2. The number of hydrogen-bond acceptors (Lipinski definition) is 5. The van der Waals surface area contributed by atoms with Crippen molar-refractivity contribution in [3.63, 3.8) is 0 Å². The molecule has 0 spiro atoms. The Labute approximate surface area is 115 Å². The van der Waals surface area contributed by atoms with Crippen molar-refractivity contribution in [3.05, 3.63) is 29.6 Å². The van der Waals surface area contributed by atoms with E-state index in [2.05, 4.69) is 10.6 Å². The summed E-state index contributed by atoms with van der Waals surface area (Å²) in [5.41, 5.74) is -0.435. The molecule has 1 saturated heterocycles. The topological polar surface area (TPSA) is 122 Å². The minimum Gasteiger partial charge on any atom is -0.390 e. The highest BCUT2D eigenvalue weighted by molar-refractivity contribution is 7.89. The van der Waals surface area contributed by atoms with Gasteiger partial charge < -0.3 is 15.7 Å². The molecule has 110 valence electrons. The van der Waals surface area contributed by atoms with Crippen LogP contribution in [0.3, 0.4) is 0 Å². The number of amides is 1. The quantitative estimate of drug-likeness (QED) is 0.543. The number of aliphatic hydroxyl groups is 1. The fourth-order valence-corrected chi connectivity index (χ4v) is 2.45. The molecule has 2 rings (SSSR count). The zero-order valence-electron chi connectivity index (χ0n) is 10.3. The molecule has 0 saturated carbocycles. The highest BCUT2D eigenvalue weighted by Gasteiger charge is 2.27. The van der Waals surface area contributed by atoms with Crippen LogP contribution in [0, 0.1) is 5.82 Å². The third kappa shape index (κ3) is 3.12. The van der Waals surface area contributed by atoms with Crippen molar-refractivity contribution in [1.29, 1.82) is 0 Å². The second-order valence-electron chi connectivity index (χ2n) is 4.49. The number of nitrogens with two attached hydrogens (primary N) is 1. The molecular formula is C11H14FN3O4S. The number of β-amino-alcohol motifs (C(OH)–C–C–N with tert-alkyl or cyclic N) is 1. The number of primary sulfonamides is 1. The summed E-state index contributed by atoms with van der Waals surface area (Å²) < 4.78 is 36.0. The molecule has 0 aromatic heterocycles. The summed E-state index contributed by atoms with van der Waals surface area (Å²) in [5, 5.41) is 19.8. The van der Waals surface area contributed by atoms with E-state index in [4.69, 9.17) is 5.14 Å². The van der Waals surface area contributed by atoms with E-state index in [0.29, 0.717) is 13.1 Å². The molecule has 9 heteroatoms. The second-order valence-corrected chi connectivity index (χ2v) is 6.05. The molecule has 0 aliphatic carbocycles. The number of halogens is 1. The SMILES string of the molecule is NS(=O)(=O)c1ccc(F)c(C(=O)N[C@@H]2CNC[C@H]2O)c1. The van der Waals surface area contributed by atoms with Crippen LogP contribution in [0.5, 0.6) is 0 Å². The maximum Gasteiger partial charge on any atom is 0.254 e. The average Bonchev–Trinajstić information content (AvgIpc) is 2.74. The lowest BCUT2D eigenvalue weighted by Crippen LogP contribution is -2.43. The third-order valence-electron chi connectivity index (χ3n) is 3.01. The summed E-state index contributed by atoms with van der Waals surface area (Å²) in [6.45, 7) is 0.675. The summed E-state index contributed by atoms with van der Waals surface area (Å²) in [6.07, 6.45) is -0.775. The van der Waals surface area contributed by atoms with Crippen LogP contribution < -0.4 is 15.8 Å². The highest BCUT2D eigenvalue weighted by Crippen LogP contribution is 2.14. The molecule has 5 N–H and O–H groups in total. The van der Waals surface area contributed by atoms with Gasteiger partial charge in [0.25, 0.3) is 5.91 Å². The molecule has 1 aromatic rings. The predicted molar refractivity (Wildman–Crippen MR) is 67.9 cm³/mol. The lowest BCUT2D eigenvalue weighted by atomic mass is 10.1. The molecule has 1 aliphatic rings. The lowest BCUT2D eigenvalue weighted by molar-refractivity contribution is 0.0884. The van der Waals surface area contributed by atoms with Crippen LogP contribution in [0.25, 0.3) is 0 Å². The van der Waals surface area contributed by atoms with Gasteiger partial charge >= 0.3 is 0 Å². The van der Waals surface area contributed by atoms with E-state index in [9.17, 15) is 22.7 Å². The third-order valence-corrected chi connectivity index (χ3v) is 3.92. The fraction of sp³-hybridized carbons (Fsp3) is 0.364. The van der Waals surface area contributed by atoms with Gasteiger partial charge in [0.05, 0.1) is 22.6 Å². The number of rotatable bonds is 3. The van der Waals surface area contributed by atoms with Gasteiger partial charge in [0.1, 0.15) is 5.82 Å². The number of aliphatic hydroxyl groups excluding tert-OH is 1. The van der Waals surface area contributed by atoms with Gasteiger partial charge in [-0.3, -0.25) is 4.79 Å². The van der Waals surface area contributed by atoms with Crippen molar-refractivity contribution >= 4 is 15.9 Å². The van der Waals surface area contributed by atoms with E-state index in [1.807, 2.05) is 0 Å². The van der Waals surface area contributed by atoms with E-state index in [1.54, 1.807) is 0 Å². The van der Waals surface area contributed by atoms with Crippen molar-refractivity contribution in [2.24, 2.45) is 5.14 Å². The molecule has 2 atom stereocenters. The summed E-state index contributed by atoms with van der Waals surface area (Å²) >= 11 is 0. The van der Waals surface area contributed by atoms with Gasteiger partial charge in [-0.05, 0) is 18.2 Å². The summed E-state index contributed by atoms with van der Waals surface area (Å²) in [7, 11) is -4.02. The maximum atomic E-state index is 13.6. The number of sulfonamides is 1. The minimum atomic E-state index is -4.02. The van der Waals surface area contributed by atoms with Gasteiger partial charge in [-0.15, -0.1) is 0 Å². The number of carbonyl (C=O) groups is 1. The molecule has 0 unspecified atom stereocenters. The van der Waals surface area contributed by atoms with E-state index < -0.39 is 39.5 Å². The van der Waals surface area contributed by atoms with E-state index in [-0.39, 0.29) is 4.90 Å². The summed E-state index contributed by atoms with van der Waals surface area (Å²) in [4.78, 5) is 11.6. The second kappa shape index (κ2) is 5.44. The molecule has 1 amide bonds. The normalized spacial score (nSPS) is 22.8. The molecule has 1 fully saturated rings. The monoisotopic (exact) mass is 303 g/mol. The van der Waals surface area contributed by atoms with Crippen molar-refractivity contribution in [1.82, 2.24) is 10.6 Å². The van der Waals surface area contributed by atoms with E-state index >= 15 is 0 Å². The van der Waals surface area contributed by atoms with Gasteiger partial charge in [-0.25, -0.2) is 17.9 Å². The van der Waals surface area contributed by atoms with Gasteiger partial charge in [0.2, 0.25) is 10.0 Å². The van der Waals surface area contributed by atoms with Crippen molar-refractivity contribution in [2.45, 2.75) is 17.0 Å². The summed E-state index contributed by atoms with van der Waals surface area (Å²) in [6, 6.07) is 2.15. The Morgan fingerprint density at radius 3 is 2.70 bits per heavy atom. The number of hydrogen-bond donors (Lipinski definition) is 4. The van der Waals surface area contributed by atoms with Crippen LogP contribution in [0.1, 0.15) is 10.4 Å². The molecule has 0 bridgehead atoms. The van der Waals surface area contributed by atoms with E-state index in [0.717, 1.165) is 18.2 Å². The molecule has 20 heavy (non-hydrogen) atoms.